The third-order valence-electron chi connectivity index (χ3n) is 6.46. The van der Waals surface area contributed by atoms with Crippen molar-refractivity contribution in [2.45, 2.75) is 13.0 Å². The predicted molar refractivity (Wildman–Crippen MR) is 146 cm³/mol. The zero-order valence-electron chi connectivity index (χ0n) is 21.5. The van der Waals surface area contributed by atoms with Crippen LogP contribution in [-0.4, -0.2) is 65.5 Å². The van der Waals surface area contributed by atoms with Gasteiger partial charge in [-0.1, -0.05) is 42.5 Å². The van der Waals surface area contributed by atoms with Crippen LogP contribution in [0.15, 0.2) is 72.8 Å². The highest BCUT2D eigenvalue weighted by Gasteiger charge is 2.23. The molecule has 0 N–H and O–H groups in total. The van der Waals surface area contributed by atoms with Crippen molar-refractivity contribution in [1.29, 1.82) is 0 Å². The monoisotopic (exact) mass is 530 g/mol. The van der Waals surface area contributed by atoms with E-state index in [2.05, 4.69) is 38.5 Å². The summed E-state index contributed by atoms with van der Waals surface area (Å²) in [4.78, 5) is 22.1. The van der Waals surface area contributed by atoms with Crippen LogP contribution in [0.3, 0.4) is 0 Å². The molecule has 1 aliphatic rings. The molecule has 0 bridgehead atoms. The molecule has 1 aromatic heterocycles. The number of carbonyl (C=O) groups excluding carboxylic acids is 1. The molecule has 1 saturated heterocycles. The molecule has 1 amide bonds. The number of hydrogen-bond acceptors (Lipinski definition) is 8. The number of rotatable bonds is 9. The van der Waals surface area contributed by atoms with E-state index in [-0.39, 0.29) is 5.91 Å². The van der Waals surface area contributed by atoms with E-state index in [0.29, 0.717) is 47.6 Å². The minimum atomic E-state index is -0.0205. The summed E-state index contributed by atoms with van der Waals surface area (Å²) in [5.41, 5.74) is 2.88. The van der Waals surface area contributed by atoms with Crippen LogP contribution in [0.25, 0.3) is 0 Å². The van der Waals surface area contributed by atoms with Crippen molar-refractivity contribution >= 4 is 17.4 Å². The van der Waals surface area contributed by atoms with Gasteiger partial charge in [-0.2, -0.15) is 9.36 Å². The van der Waals surface area contributed by atoms with Crippen LogP contribution in [0.1, 0.15) is 27.3 Å². The fraction of sp³-hybridized carbons (Fsp3) is 0.276. The first-order valence-corrected chi connectivity index (χ1v) is 13.3. The summed E-state index contributed by atoms with van der Waals surface area (Å²) in [5.74, 6) is 2.38. The second-order valence-corrected chi connectivity index (χ2v) is 9.74. The quantitative estimate of drug-likeness (QED) is 0.305. The SMILES string of the molecule is COc1cccc(Cc2nsc(Oc3cc(C(=O)N4CCN(Cc5ccccc5)CC4)ccc3OC)n2)c1. The average molecular weight is 531 g/mol. The van der Waals surface area contributed by atoms with Gasteiger partial charge in [0.25, 0.3) is 11.1 Å². The van der Waals surface area contributed by atoms with Gasteiger partial charge in [-0.25, -0.2) is 0 Å². The van der Waals surface area contributed by atoms with Crippen LogP contribution >= 0.6 is 11.5 Å². The second kappa shape index (κ2) is 12.1. The summed E-state index contributed by atoms with van der Waals surface area (Å²) in [5, 5.41) is 0.389. The van der Waals surface area contributed by atoms with E-state index in [9.17, 15) is 4.79 Å². The van der Waals surface area contributed by atoms with E-state index in [1.165, 1.54) is 5.56 Å². The van der Waals surface area contributed by atoms with E-state index in [0.717, 1.165) is 42.5 Å². The first-order valence-electron chi connectivity index (χ1n) is 12.5. The van der Waals surface area contributed by atoms with Crippen molar-refractivity contribution in [3.8, 4) is 22.4 Å². The normalized spacial score (nSPS) is 13.8. The molecule has 0 saturated carbocycles. The molecule has 8 nitrogen and oxygen atoms in total. The fourth-order valence-electron chi connectivity index (χ4n) is 4.43. The fourth-order valence-corrected chi connectivity index (χ4v) is 5.00. The first-order chi connectivity index (χ1) is 18.6. The lowest BCUT2D eigenvalue weighted by Crippen LogP contribution is -2.48. The molecule has 5 rings (SSSR count). The minimum absolute atomic E-state index is 0.0205. The number of hydrogen-bond donors (Lipinski definition) is 0. The van der Waals surface area contributed by atoms with Crippen molar-refractivity contribution in [1.82, 2.24) is 19.2 Å². The van der Waals surface area contributed by atoms with Crippen LogP contribution in [0.2, 0.25) is 0 Å². The first kappa shape index (κ1) is 25.7. The highest BCUT2D eigenvalue weighted by atomic mass is 32.1. The lowest BCUT2D eigenvalue weighted by Gasteiger charge is -2.34. The Morgan fingerprint density at radius 1 is 0.868 bits per heavy atom. The molecule has 1 fully saturated rings. The van der Waals surface area contributed by atoms with E-state index >= 15 is 0 Å². The molecule has 0 unspecified atom stereocenters. The lowest BCUT2D eigenvalue weighted by atomic mass is 10.1. The van der Waals surface area contributed by atoms with Crippen LogP contribution in [-0.2, 0) is 13.0 Å². The summed E-state index contributed by atoms with van der Waals surface area (Å²) in [7, 11) is 3.22. The molecular weight excluding hydrogens is 500 g/mol. The number of methoxy groups -OCH3 is 2. The highest BCUT2D eigenvalue weighted by molar-refractivity contribution is 7.07. The van der Waals surface area contributed by atoms with Crippen LogP contribution < -0.4 is 14.2 Å². The van der Waals surface area contributed by atoms with E-state index < -0.39 is 0 Å². The Balaban J connectivity index is 1.23. The van der Waals surface area contributed by atoms with Gasteiger partial charge in [0, 0.05) is 56.2 Å². The van der Waals surface area contributed by atoms with Gasteiger partial charge >= 0.3 is 0 Å². The lowest BCUT2D eigenvalue weighted by molar-refractivity contribution is 0.0628. The number of benzene rings is 3. The Labute approximate surface area is 226 Å². The maximum Gasteiger partial charge on any atom is 0.298 e. The van der Waals surface area contributed by atoms with E-state index in [4.69, 9.17) is 14.2 Å². The Kier molecular flexibility index (Phi) is 8.15. The molecule has 0 radical (unpaired) electrons. The van der Waals surface area contributed by atoms with Crippen molar-refractivity contribution in [2.75, 3.05) is 40.4 Å². The number of aromatic nitrogens is 2. The molecule has 38 heavy (non-hydrogen) atoms. The molecule has 196 valence electrons. The number of amides is 1. The number of nitrogens with zero attached hydrogens (tertiary/aromatic N) is 4. The molecule has 1 aliphatic heterocycles. The van der Waals surface area contributed by atoms with Crippen molar-refractivity contribution < 1.29 is 19.0 Å². The average Bonchev–Trinajstić information content (AvgIpc) is 3.40. The number of ether oxygens (including phenoxy) is 3. The Bertz CT molecular complexity index is 1370. The Morgan fingerprint density at radius 2 is 1.66 bits per heavy atom. The Hall–Kier alpha value is -3.95. The molecule has 9 heteroatoms. The zero-order chi connectivity index (χ0) is 26.3. The maximum absolute atomic E-state index is 13.3. The van der Waals surface area contributed by atoms with Gasteiger partial charge < -0.3 is 19.1 Å². The predicted octanol–water partition coefficient (Wildman–Crippen LogP) is 4.90. The van der Waals surface area contributed by atoms with E-state index in [1.54, 1.807) is 32.4 Å². The second-order valence-electron chi connectivity index (χ2n) is 9.03. The molecule has 0 spiro atoms. The summed E-state index contributed by atoms with van der Waals surface area (Å²) in [6.45, 7) is 3.92. The molecule has 0 atom stereocenters. The Morgan fingerprint density at radius 3 is 2.42 bits per heavy atom. The van der Waals surface area contributed by atoms with Gasteiger partial charge in [-0.15, -0.1) is 0 Å². The number of piperazine rings is 1. The molecule has 3 aromatic carbocycles. The summed E-state index contributed by atoms with van der Waals surface area (Å²) in [6, 6.07) is 23.5. The highest BCUT2D eigenvalue weighted by Crippen LogP contribution is 2.34. The molecule has 2 heterocycles. The molecular formula is C29H30N4O4S. The third kappa shape index (κ3) is 6.30. The van der Waals surface area contributed by atoms with Crippen LogP contribution in [0.5, 0.6) is 22.4 Å². The standard InChI is InChI=1S/C29H30N4O4S/c1-35-24-10-6-9-22(17-24)18-27-30-29(38-31-27)37-26-19-23(11-12-25(26)36-2)28(34)33-15-13-32(14-16-33)20-21-7-4-3-5-8-21/h3-12,17,19H,13-16,18,20H2,1-2H3. The summed E-state index contributed by atoms with van der Waals surface area (Å²) >= 11 is 1.16. The third-order valence-corrected chi connectivity index (χ3v) is 7.10. The van der Waals surface area contributed by atoms with Gasteiger partial charge in [-0.3, -0.25) is 9.69 Å². The van der Waals surface area contributed by atoms with Crippen LogP contribution in [0.4, 0.5) is 0 Å². The molecule has 4 aromatic rings. The van der Waals surface area contributed by atoms with Gasteiger partial charge in [0.05, 0.1) is 14.2 Å². The topological polar surface area (TPSA) is 77.0 Å². The zero-order valence-corrected chi connectivity index (χ0v) is 22.3. The number of carbonyl (C=O) groups is 1. The van der Waals surface area contributed by atoms with Crippen molar-refractivity contribution in [3.63, 3.8) is 0 Å². The van der Waals surface area contributed by atoms with E-state index in [1.807, 2.05) is 35.2 Å². The largest absolute Gasteiger partial charge is 0.497 e. The van der Waals surface area contributed by atoms with Crippen molar-refractivity contribution in [2.24, 2.45) is 0 Å². The minimum Gasteiger partial charge on any atom is -0.497 e. The van der Waals surface area contributed by atoms with Gasteiger partial charge in [-0.05, 0) is 41.5 Å². The van der Waals surface area contributed by atoms with Gasteiger partial charge in [0.1, 0.15) is 5.75 Å². The summed E-state index contributed by atoms with van der Waals surface area (Å²) in [6.07, 6.45) is 0.559. The van der Waals surface area contributed by atoms with Crippen LogP contribution in [0, 0.1) is 0 Å². The molecule has 0 aliphatic carbocycles. The maximum atomic E-state index is 13.3. The van der Waals surface area contributed by atoms with Gasteiger partial charge in [0.2, 0.25) is 0 Å². The smallest absolute Gasteiger partial charge is 0.298 e. The van der Waals surface area contributed by atoms with Gasteiger partial charge in [0.15, 0.2) is 17.3 Å². The van der Waals surface area contributed by atoms with Crippen molar-refractivity contribution in [3.05, 3.63) is 95.3 Å². The summed E-state index contributed by atoms with van der Waals surface area (Å²) < 4.78 is 21.3.